The van der Waals surface area contributed by atoms with Gasteiger partial charge in [0.2, 0.25) is 0 Å². The van der Waals surface area contributed by atoms with E-state index >= 15 is 0 Å². The number of aromatic hydroxyl groups is 1. The molecule has 1 aromatic carbocycles. The summed E-state index contributed by atoms with van der Waals surface area (Å²) in [6.07, 6.45) is 2.11. The first-order valence-corrected chi connectivity index (χ1v) is 5.48. The quantitative estimate of drug-likeness (QED) is 0.667. The number of carbonyl (C=O) groups excluding carboxylic acids is 1. The summed E-state index contributed by atoms with van der Waals surface area (Å²) >= 11 is 0. The zero-order valence-electron chi connectivity index (χ0n) is 10.2. The Morgan fingerprint density at radius 2 is 2.05 bits per heavy atom. The first-order valence-electron chi connectivity index (χ1n) is 5.48. The second-order valence-electron chi connectivity index (χ2n) is 3.90. The van der Waals surface area contributed by atoms with Crippen molar-refractivity contribution in [2.24, 2.45) is 0 Å². The van der Waals surface area contributed by atoms with E-state index in [1.807, 2.05) is 5.32 Å². The number of nitro groups is 1. The van der Waals surface area contributed by atoms with Crippen LogP contribution in [0.1, 0.15) is 10.4 Å². The van der Waals surface area contributed by atoms with E-state index in [9.17, 15) is 28.8 Å². The predicted octanol–water partition coefficient (Wildman–Crippen LogP) is 2.23. The summed E-state index contributed by atoms with van der Waals surface area (Å²) in [5.41, 5.74) is -1.86. The molecule has 9 heteroatoms. The fraction of sp³-hybridized carbons (Fsp3) is 0. The monoisotopic (exact) mass is 295 g/mol. The topological polar surface area (TPSA) is 105 Å². The van der Waals surface area contributed by atoms with Gasteiger partial charge in [0.05, 0.1) is 16.7 Å². The molecule has 0 fully saturated rings. The number of hydrogen-bond donors (Lipinski definition) is 2. The zero-order chi connectivity index (χ0) is 15.6. The Labute approximate surface area is 116 Å². The van der Waals surface area contributed by atoms with E-state index in [-0.39, 0.29) is 11.3 Å². The Morgan fingerprint density at radius 1 is 1.33 bits per heavy atom. The molecule has 0 aliphatic heterocycles. The van der Waals surface area contributed by atoms with E-state index in [0.717, 1.165) is 24.5 Å². The van der Waals surface area contributed by atoms with Gasteiger partial charge < -0.3 is 10.4 Å². The Morgan fingerprint density at radius 3 is 2.67 bits per heavy atom. The van der Waals surface area contributed by atoms with Crippen molar-refractivity contribution in [2.75, 3.05) is 5.32 Å². The lowest BCUT2D eigenvalue weighted by molar-refractivity contribution is -0.384. The summed E-state index contributed by atoms with van der Waals surface area (Å²) in [4.78, 5) is 25.2. The maximum absolute atomic E-state index is 13.6. The van der Waals surface area contributed by atoms with E-state index in [0.29, 0.717) is 6.07 Å². The van der Waals surface area contributed by atoms with Gasteiger partial charge in [0.15, 0.2) is 17.3 Å². The average molecular weight is 295 g/mol. The van der Waals surface area contributed by atoms with Gasteiger partial charge >= 0.3 is 0 Å². The van der Waals surface area contributed by atoms with Gasteiger partial charge in [-0.1, -0.05) is 0 Å². The second-order valence-corrected chi connectivity index (χ2v) is 3.90. The van der Waals surface area contributed by atoms with Gasteiger partial charge in [-0.25, -0.2) is 8.78 Å². The van der Waals surface area contributed by atoms with Crippen LogP contribution in [0.3, 0.4) is 0 Å². The molecule has 0 aliphatic carbocycles. The SMILES string of the molecule is O=C(Nc1c([N+](=O)[O-])ccc(F)c1F)c1cncc(O)c1. The number of hydrogen-bond acceptors (Lipinski definition) is 5. The molecule has 21 heavy (non-hydrogen) atoms. The van der Waals surface area contributed by atoms with Crippen molar-refractivity contribution >= 4 is 17.3 Å². The third-order valence-electron chi connectivity index (χ3n) is 2.49. The molecule has 1 heterocycles. The fourth-order valence-electron chi connectivity index (χ4n) is 1.55. The van der Waals surface area contributed by atoms with Crippen LogP contribution in [0, 0.1) is 21.7 Å². The molecule has 2 rings (SSSR count). The van der Waals surface area contributed by atoms with Crippen molar-refractivity contribution < 1.29 is 23.6 Å². The van der Waals surface area contributed by atoms with Gasteiger partial charge in [-0.05, 0) is 12.1 Å². The lowest BCUT2D eigenvalue weighted by Crippen LogP contribution is -2.15. The minimum absolute atomic E-state index is 0.173. The molecule has 0 radical (unpaired) electrons. The first-order chi connectivity index (χ1) is 9.90. The van der Waals surface area contributed by atoms with Crippen LogP contribution in [0.5, 0.6) is 5.75 Å². The number of carbonyl (C=O) groups is 1. The van der Waals surface area contributed by atoms with Gasteiger partial charge in [-0.15, -0.1) is 0 Å². The fourth-order valence-corrected chi connectivity index (χ4v) is 1.55. The molecule has 0 atom stereocenters. The van der Waals surface area contributed by atoms with Gasteiger partial charge in [0.1, 0.15) is 5.75 Å². The molecular formula is C12H7F2N3O4. The van der Waals surface area contributed by atoms with E-state index in [4.69, 9.17) is 0 Å². The maximum Gasteiger partial charge on any atom is 0.296 e. The van der Waals surface area contributed by atoms with E-state index in [2.05, 4.69) is 4.98 Å². The third kappa shape index (κ3) is 2.91. The molecule has 0 bridgehead atoms. The van der Waals surface area contributed by atoms with E-state index < -0.39 is 33.8 Å². The lowest BCUT2D eigenvalue weighted by Gasteiger charge is -2.07. The Bertz CT molecular complexity index is 736. The standard InChI is InChI=1S/C12H7F2N3O4/c13-8-1-2-9(17(20)21)11(10(8)14)16-12(19)6-3-7(18)5-15-4-6/h1-5,18H,(H,16,19). The number of nitrogens with zero attached hydrogens (tertiary/aromatic N) is 2. The minimum Gasteiger partial charge on any atom is -0.506 e. The molecule has 108 valence electrons. The molecule has 0 spiro atoms. The van der Waals surface area contributed by atoms with Crippen LogP contribution in [-0.2, 0) is 0 Å². The van der Waals surface area contributed by atoms with Crippen molar-refractivity contribution in [3.63, 3.8) is 0 Å². The number of nitro benzene ring substituents is 1. The Hall–Kier alpha value is -3.10. The highest BCUT2D eigenvalue weighted by atomic mass is 19.2. The number of amides is 1. The second kappa shape index (κ2) is 5.49. The lowest BCUT2D eigenvalue weighted by atomic mass is 10.2. The summed E-state index contributed by atoms with van der Waals surface area (Å²) in [7, 11) is 0. The summed E-state index contributed by atoms with van der Waals surface area (Å²) in [5.74, 6) is -4.20. The highest BCUT2D eigenvalue weighted by Crippen LogP contribution is 2.29. The van der Waals surface area contributed by atoms with Crippen molar-refractivity contribution in [2.45, 2.75) is 0 Å². The van der Waals surface area contributed by atoms with Crippen LogP contribution < -0.4 is 5.32 Å². The van der Waals surface area contributed by atoms with Crippen molar-refractivity contribution in [1.29, 1.82) is 0 Å². The highest BCUT2D eigenvalue weighted by molar-refractivity contribution is 6.05. The third-order valence-corrected chi connectivity index (χ3v) is 2.49. The van der Waals surface area contributed by atoms with E-state index in [1.165, 1.54) is 0 Å². The number of halogens is 2. The van der Waals surface area contributed by atoms with Crippen LogP contribution in [-0.4, -0.2) is 20.9 Å². The molecule has 2 N–H and O–H groups in total. The maximum atomic E-state index is 13.6. The smallest absolute Gasteiger partial charge is 0.296 e. The number of benzene rings is 1. The zero-order valence-corrected chi connectivity index (χ0v) is 10.2. The summed E-state index contributed by atoms with van der Waals surface area (Å²) in [6.45, 7) is 0. The predicted molar refractivity (Wildman–Crippen MR) is 66.9 cm³/mol. The van der Waals surface area contributed by atoms with Crippen LogP contribution in [0.15, 0.2) is 30.6 Å². The molecule has 1 amide bonds. The van der Waals surface area contributed by atoms with Crippen LogP contribution >= 0.6 is 0 Å². The van der Waals surface area contributed by atoms with E-state index in [1.54, 1.807) is 0 Å². The molecule has 2 aromatic rings. The van der Waals surface area contributed by atoms with Gasteiger partial charge in [0, 0.05) is 12.3 Å². The number of rotatable bonds is 3. The largest absolute Gasteiger partial charge is 0.506 e. The number of aromatic nitrogens is 1. The number of anilines is 1. The highest BCUT2D eigenvalue weighted by Gasteiger charge is 2.24. The first kappa shape index (κ1) is 14.3. The Kier molecular flexibility index (Phi) is 3.74. The molecular weight excluding hydrogens is 288 g/mol. The summed E-state index contributed by atoms with van der Waals surface area (Å²) in [5, 5.41) is 21.9. The number of nitrogens with one attached hydrogen (secondary N) is 1. The van der Waals surface area contributed by atoms with Gasteiger partial charge in [-0.2, -0.15) is 0 Å². The summed E-state index contributed by atoms with van der Waals surface area (Å²) in [6, 6.07) is 2.33. The molecule has 0 unspecified atom stereocenters. The van der Waals surface area contributed by atoms with Crippen molar-refractivity contribution in [3.05, 3.63) is 57.9 Å². The molecule has 7 nitrogen and oxygen atoms in total. The average Bonchev–Trinajstić information content (AvgIpc) is 2.43. The number of pyridine rings is 1. The van der Waals surface area contributed by atoms with Crippen molar-refractivity contribution in [1.82, 2.24) is 4.98 Å². The van der Waals surface area contributed by atoms with Crippen LogP contribution in [0.2, 0.25) is 0 Å². The molecule has 1 aromatic heterocycles. The van der Waals surface area contributed by atoms with Crippen LogP contribution in [0.25, 0.3) is 0 Å². The minimum atomic E-state index is -1.55. The molecule has 0 saturated heterocycles. The molecule has 0 aliphatic rings. The van der Waals surface area contributed by atoms with Crippen LogP contribution in [0.4, 0.5) is 20.2 Å². The normalized spacial score (nSPS) is 10.2. The Balaban J connectivity index is 2.41. The van der Waals surface area contributed by atoms with Gasteiger partial charge in [-0.3, -0.25) is 19.9 Å². The molecule has 0 saturated carbocycles. The van der Waals surface area contributed by atoms with Crippen molar-refractivity contribution in [3.8, 4) is 5.75 Å². The van der Waals surface area contributed by atoms with Gasteiger partial charge in [0.25, 0.3) is 11.6 Å². The summed E-state index contributed by atoms with van der Waals surface area (Å²) < 4.78 is 26.8.